The third-order valence-corrected chi connectivity index (χ3v) is 6.70. The van der Waals surface area contributed by atoms with Gasteiger partial charge in [-0.15, -0.1) is 0 Å². The Bertz CT molecular complexity index is 1650. The van der Waals surface area contributed by atoms with Crippen LogP contribution in [0.2, 0.25) is 0 Å². The number of unbranched alkanes of at least 4 members (excludes halogenated alkanes) is 1. The maximum absolute atomic E-state index is 12.2. The van der Waals surface area contributed by atoms with Crippen molar-refractivity contribution in [2.75, 3.05) is 64.2 Å². The van der Waals surface area contributed by atoms with Crippen LogP contribution in [-0.2, 0) is 30.3 Å². The first kappa shape index (κ1) is 33.8. The van der Waals surface area contributed by atoms with Crippen LogP contribution in [0.4, 0.5) is 11.8 Å². The second kappa shape index (κ2) is 17.4. The summed E-state index contributed by atoms with van der Waals surface area (Å²) in [5.41, 5.74) is 20.5. The van der Waals surface area contributed by atoms with E-state index in [2.05, 4.69) is 25.6 Å². The van der Waals surface area contributed by atoms with Crippen LogP contribution >= 0.6 is 0 Å². The zero-order chi connectivity index (χ0) is 32.7. The number of oxazole rings is 1. The Labute approximate surface area is 264 Å². The number of aromatic nitrogens is 5. The highest BCUT2D eigenvalue weighted by Crippen LogP contribution is 2.32. The highest BCUT2D eigenvalue weighted by atomic mass is 16.5. The molecule has 246 valence electrons. The minimum atomic E-state index is -0.426. The number of benzene rings is 1. The van der Waals surface area contributed by atoms with E-state index in [1.807, 2.05) is 12.1 Å². The highest BCUT2D eigenvalue weighted by molar-refractivity contribution is 6.11. The van der Waals surface area contributed by atoms with Gasteiger partial charge in [0.1, 0.15) is 23.4 Å². The molecular weight excluding hydrogens is 598 g/mol. The predicted molar refractivity (Wildman–Crippen MR) is 171 cm³/mol. The number of anilines is 2. The lowest BCUT2D eigenvalue weighted by atomic mass is 10.1. The van der Waals surface area contributed by atoms with E-state index in [0.717, 1.165) is 30.8 Å². The van der Waals surface area contributed by atoms with Gasteiger partial charge in [0.05, 0.1) is 50.6 Å². The molecule has 0 aliphatic heterocycles. The molecule has 0 aliphatic rings. The van der Waals surface area contributed by atoms with Crippen molar-refractivity contribution in [3.63, 3.8) is 0 Å². The Kier molecular flexibility index (Phi) is 12.8. The molecule has 0 aliphatic carbocycles. The van der Waals surface area contributed by atoms with E-state index in [-0.39, 0.29) is 30.5 Å². The summed E-state index contributed by atoms with van der Waals surface area (Å²) in [6.07, 6.45) is 5.11. The standard InChI is InChI=1S/C29H39N11O6/c30-16-20(17-31)28(42)35-7-10-44-12-14-45-13-11-43-9-5-23(41)34-6-1-2-8-40-27-24(26(32)36-18-37-27)25(39-40)19-3-4-22-21(15-19)38-29(33)46-22/h3-4,15-18,30H,1-2,5-14,31H2,(H2,33,38)(H,34,41)(H,35,42)(H2,32,36,37). The number of fused-ring (bicyclic) bond motifs is 2. The number of carbonyl (C=O) groups excluding carboxylic acids is 2. The van der Waals surface area contributed by atoms with Crippen molar-refractivity contribution < 1.29 is 28.2 Å². The maximum Gasteiger partial charge on any atom is 0.292 e. The van der Waals surface area contributed by atoms with Gasteiger partial charge in [-0.3, -0.25) is 9.59 Å². The molecule has 0 bridgehead atoms. The van der Waals surface area contributed by atoms with Gasteiger partial charge in [0.25, 0.3) is 11.9 Å². The molecule has 0 fully saturated rings. The van der Waals surface area contributed by atoms with E-state index in [1.165, 1.54) is 6.33 Å². The van der Waals surface area contributed by atoms with Crippen LogP contribution in [0.25, 0.3) is 33.4 Å². The fraction of sp³-hybridized carbons (Fsp3) is 0.414. The SMILES string of the molecule is N=CC(=CN)C(=O)NCCOCCOCCOCCC(=O)NCCCCn1nc(-c2ccc3oc(N)nc3c2)c2c(N)ncnc21. The fourth-order valence-electron chi connectivity index (χ4n) is 4.42. The summed E-state index contributed by atoms with van der Waals surface area (Å²) in [7, 11) is 0. The van der Waals surface area contributed by atoms with Crippen molar-refractivity contribution in [3.8, 4) is 11.3 Å². The molecule has 0 radical (unpaired) electrons. The maximum atomic E-state index is 12.2. The first-order valence-electron chi connectivity index (χ1n) is 14.7. The summed E-state index contributed by atoms with van der Waals surface area (Å²) in [4.78, 5) is 36.5. The molecule has 17 heteroatoms. The van der Waals surface area contributed by atoms with E-state index < -0.39 is 5.91 Å². The van der Waals surface area contributed by atoms with Gasteiger partial charge in [-0.1, -0.05) is 0 Å². The Morgan fingerprint density at radius 2 is 1.74 bits per heavy atom. The summed E-state index contributed by atoms with van der Waals surface area (Å²) in [5.74, 6) is -0.186. The van der Waals surface area contributed by atoms with Crippen molar-refractivity contribution in [3.05, 3.63) is 36.3 Å². The quantitative estimate of drug-likeness (QED) is 0.0444. The summed E-state index contributed by atoms with van der Waals surface area (Å²) < 4.78 is 23.4. The molecule has 17 nitrogen and oxygen atoms in total. The molecule has 3 heterocycles. The number of hydrogen-bond donors (Lipinski definition) is 6. The molecule has 3 aromatic heterocycles. The van der Waals surface area contributed by atoms with E-state index in [4.69, 9.17) is 46.3 Å². The fourth-order valence-corrected chi connectivity index (χ4v) is 4.42. The summed E-state index contributed by atoms with van der Waals surface area (Å²) in [6, 6.07) is 5.57. The molecule has 46 heavy (non-hydrogen) atoms. The number of nitrogens with two attached hydrogens (primary N) is 3. The number of amides is 2. The zero-order valence-electron chi connectivity index (χ0n) is 25.4. The van der Waals surface area contributed by atoms with Crippen LogP contribution in [-0.4, -0.2) is 95.5 Å². The highest BCUT2D eigenvalue weighted by Gasteiger charge is 2.18. The normalized spacial score (nSPS) is 11.7. The topological polar surface area (TPSA) is 257 Å². The van der Waals surface area contributed by atoms with Gasteiger partial charge >= 0.3 is 0 Å². The van der Waals surface area contributed by atoms with Crippen LogP contribution in [0, 0.1) is 5.41 Å². The number of rotatable bonds is 20. The largest absolute Gasteiger partial charge is 0.424 e. The van der Waals surface area contributed by atoms with Crippen molar-refractivity contribution >= 4 is 52.0 Å². The lowest BCUT2D eigenvalue weighted by Gasteiger charge is -2.08. The third kappa shape index (κ3) is 9.43. The van der Waals surface area contributed by atoms with Crippen LogP contribution in [0.15, 0.2) is 40.7 Å². The molecule has 0 atom stereocenters. The van der Waals surface area contributed by atoms with Crippen molar-refractivity contribution in [2.24, 2.45) is 5.73 Å². The van der Waals surface area contributed by atoms with E-state index in [0.29, 0.717) is 86.3 Å². The zero-order valence-corrected chi connectivity index (χ0v) is 25.4. The van der Waals surface area contributed by atoms with Crippen molar-refractivity contribution in [1.29, 1.82) is 5.41 Å². The lowest BCUT2D eigenvalue weighted by molar-refractivity contribution is -0.122. The van der Waals surface area contributed by atoms with E-state index in [9.17, 15) is 9.59 Å². The predicted octanol–water partition coefficient (Wildman–Crippen LogP) is 0.744. The number of nitrogens with one attached hydrogen (secondary N) is 3. The van der Waals surface area contributed by atoms with Gasteiger partial charge < -0.3 is 51.9 Å². The van der Waals surface area contributed by atoms with Gasteiger partial charge in [-0.05, 0) is 31.0 Å². The van der Waals surface area contributed by atoms with Crippen LogP contribution in [0.5, 0.6) is 0 Å². The molecule has 0 saturated carbocycles. The van der Waals surface area contributed by atoms with Crippen LogP contribution in [0.1, 0.15) is 19.3 Å². The minimum absolute atomic E-state index is 0.0838. The third-order valence-electron chi connectivity index (χ3n) is 6.70. The number of ether oxygens (including phenoxy) is 3. The smallest absolute Gasteiger partial charge is 0.292 e. The second-order valence-electron chi connectivity index (χ2n) is 9.93. The van der Waals surface area contributed by atoms with Gasteiger partial charge in [0, 0.05) is 44.0 Å². The Morgan fingerprint density at radius 1 is 0.978 bits per heavy atom. The lowest BCUT2D eigenvalue weighted by Crippen LogP contribution is -2.29. The Hall–Kier alpha value is -5.13. The van der Waals surface area contributed by atoms with Gasteiger partial charge in [-0.2, -0.15) is 10.1 Å². The average Bonchev–Trinajstić information content (AvgIpc) is 3.61. The number of hydrogen-bond acceptors (Lipinski definition) is 14. The molecule has 4 rings (SSSR count). The van der Waals surface area contributed by atoms with Gasteiger partial charge in [0.2, 0.25) is 5.91 Å². The van der Waals surface area contributed by atoms with Crippen LogP contribution in [0.3, 0.4) is 0 Å². The van der Waals surface area contributed by atoms with Gasteiger partial charge in [0.15, 0.2) is 11.2 Å². The Morgan fingerprint density at radius 3 is 2.50 bits per heavy atom. The number of aryl methyl sites for hydroxylation is 1. The number of nitrogens with zero attached hydrogens (tertiary/aromatic N) is 5. The molecule has 0 unspecified atom stereocenters. The molecule has 0 saturated heterocycles. The molecule has 2 amide bonds. The molecule has 1 aromatic carbocycles. The monoisotopic (exact) mass is 637 g/mol. The van der Waals surface area contributed by atoms with Gasteiger partial charge in [-0.25, -0.2) is 14.6 Å². The Balaban J connectivity index is 1.06. The van der Waals surface area contributed by atoms with E-state index in [1.54, 1.807) is 10.7 Å². The summed E-state index contributed by atoms with van der Waals surface area (Å²) in [6.45, 7) is 3.44. The van der Waals surface area contributed by atoms with Crippen molar-refractivity contribution in [2.45, 2.75) is 25.8 Å². The number of carbonyl (C=O) groups is 2. The first-order valence-corrected chi connectivity index (χ1v) is 14.7. The summed E-state index contributed by atoms with van der Waals surface area (Å²) in [5, 5.41) is 18.0. The van der Waals surface area contributed by atoms with Crippen molar-refractivity contribution in [1.82, 2.24) is 35.4 Å². The first-order chi connectivity index (χ1) is 22.4. The number of nitrogen functional groups attached to an aromatic ring is 2. The van der Waals surface area contributed by atoms with Crippen LogP contribution < -0.4 is 27.8 Å². The molecule has 9 N–H and O–H groups in total. The summed E-state index contributed by atoms with van der Waals surface area (Å²) >= 11 is 0. The minimum Gasteiger partial charge on any atom is -0.424 e. The molecule has 4 aromatic rings. The second-order valence-corrected chi connectivity index (χ2v) is 9.93. The molecular formula is C29H39N11O6. The molecule has 0 spiro atoms. The average molecular weight is 638 g/mol. The van der Waals surface area contributed by atoms with E-state index >= 15 is 0 Å².